The summed E-state index contributed by atoms with van der Waals surface area (Å²) in [5, 5.41) is -0.252. The van der Waals surface area contributed by atoms with Crippen molar-refractivity contribution in [3.63, 3.8) is 0 Å². The molecule has 0 saturated carbocycles. The van der Waals surface area contributed by atoms with Gasteiger partial charge in [-0.2, -0.15) is 0 Å². The Hall–Kier alpha value is -2.07. The van der Waals surface area contributed by atoms with E-state index in [0.29, 0.717) is 28.4 Å². The highest BCUT2D eigenvalue weighted by Gasteiger charge is 2.37. The zero-order chi connectivity index (χ0) is 21.8. The summed E-state index contributed by atoms with van der Waals surface area (Å²) >= 11 is 3.06. The fraction of sp³-hybridized carbons (Fsp3) is 0.273. The first-order chi connectivity index (χ1) is 14.3. The van der Waals surface area contributed by atoms with Crippen LogP contribution in [-0.4, -0.2) is 29.2 Å². The lowest BCUT2D eigenvalue weighted by molar-refractivity contribution is -0.124. The molecule has 0 spiro atoms. The van der Waals surface area contributed by atoms with Crippen LogP contribution in [0, 0.1) is 9.39 Å². The predicted molar refractivity (Wildman–Crippen MR) is 124 cm³/mol. The molecule has 0 radical (unpaired) electrons. The van der Waals surface area contributed by atoms with E-state index in [1.54, 1.807) is 24.3 Å². The molecular formula is C22H21FINO4S. The lowest BCUT2D eigenvalue weighted by Crippen LogP contribution is -2.36. The van der Waals surface area contributed by atoms with Crippen molar-refractivity contribution in [3.8, 4) is 11.5 Å². The molecule has 2 aromatic rings. The summed E-state index contributed by atoms with van der Waals surface area (Å²) in [6.07, 6.45) is 2.39. The number of amides is 2. The van der Waals surface area contributed by atoms with Gasteiger partial charge in [0.05, 0.1) is 15.6 Å². The fourth-order valence-electron chi connectivity index (χ4n) is 2.94. The van der Waals surface area contributed by atoms with Crippen LogP contribution in [0.1, 0.15) is 31.4 Å². The Morgan fingerprint density at radius 2 is 2.03 bits per heavy atom. The van der Waals surface area contributed by atoms with Gasteiger partial charge < -0.3 is 9.47 Å². The van der Waals surface area contributed by atoms with Crippen molar-refractivity contribution >= 4 is 51.6 Å². The number of halogens is 2. The van der Waals surface area contributed by atoms with Gasteiger partial charge in [0.25, 0.3) is 11.1 Å². The Morgan fingerprint density at radius 1 is 1.27 bits per heavy atom. The summed E-state index contributed by atoms with van der Waals surface area (Å²) in [6, 6.07) is 9.67. The molecule has 1 heterocycles. The van der Waals surface area contributed by atoms with Gasteiger partial charge >= 0.3 is 0 Å². The summed E-state index contributed by atoms with van der Waals surface area (Å²) in [7, 11) is 1.53. The van der Waals surface area contributed by atoms with Crippen LogP contribution >= 0.6 is 34.4 Å². The zero-order valence-electron chi connectivity index (χ0n) is 16.8. The number of imide groups is 1. The molecule has 0 aliphatic carbocycles. The maximum absolute atomic E-state index is 13.4. The van der Waals surface area contributed by atoms with Crippen molar-refractivity contribution in [3.05, 3.63) is 61.8 Å². The van der Waals surface area contributed by atoms with E-state index in [2.05, 4.69) is 22.6 Å². The number of thioether (sulfide) groups is 1. The monoisotopic (exact) mass is 541 g/mol. The highest BCUT2D eigenvalue weighted by Crippen LogP contribution is 2.38. The summed E-state index contributed by atoms with van der Waals surface area (Å²) in [6.45, 7) is 3.99. The molecule has 1 aliphatic heterocycles. The van der Waals surface area contributed by atoms with E-state index < -0.39 is 0 Å². The van der Waals surface area contributed by atoms with Gasteiger partial charge in [-0.15, -0.1) is 0 Å². The van der Waals surface area contributed by atoms with Crippen LogP contribution in [0.2, 0.25) is 0 Å². The normalized spacial score (nSPS) is 16.3. The van der Waals surface area contributed by atoms with Crippen LogP contribution in [0.15, 0.2) is 41.3 Å². The molecule has 1 atom stereocenters. The Balaban J connectivity index is 1.84. The minimum Gasteiger partial charge on any atom is -0.493 e. The molecule has 2 aromatic carbocycles. The third-order valence-corrected chi connectivity index (χ3v) is 6.36. The number of nitrogens with zero attached hydrogens (tertiary/aromatic N) is 1. The average molecular weight is 541 g/mol. The molecule has 8 heteroatoms. The maximum Gasteiger partial charge on any atom is 0.293 e. The van der Waals surface area contributed by atoms with Crippen molar-refractivity contribution in [1.29, 1.82) is 0 Å². The lowest BCUT2D eigenvalue weighted by atomic mass is 10.1. The van der Waals surface area contributed by atoms with Gasteiger partial charge in [0.1, 0.15) is 12.4 Å². The SMILES string of the molecule is CC[C@H](C)N1C(=O)S/C(=C/c2cc(I)c(OCc3cccc(F)c3)c(OC)c2)C1=O. The molecule has 1 fully saturated rings. The third-order valence-electron chi connectivity index (χ3n) is 4.68. The van der Waals surface area contributed by atoms with Gasteiger partial charge in [-0.25, -0.2) is 4.39 Å². The van der Waals surface area contributed by atoms with E-state index in [9.17, 15) is 14.0 Å². The van der Waals surface area contributed by atoms with Crippen molar-refractivity contribution in [2.45, 2.75) is 32.9 Å². The highest BCUT2D eigenvalue weighted by atomic mass is 127. The van der Waals surface area contributed by atoms with Gasteiger partial charge in [-0.3, -0.25) is 14.5 Å². The average Bonchev–Trinajstić information content (AvgIpc) is 2.99. The van der Waals surface area contributed by atoms with Crippen LogP contribution in [0.25, 0.3) is 6.08 Å². The van der Waals surface area contributed by atoms with Gasteiger partial charge in [-0.05, 0) is 89.2 Å². The first-order valence-electron chi connectivity index (χ1n) is 9.35. The van der Waals surface area contributed by atoms with Crippen LogP contribution < -0.4 is 9.47 Å². The number of carbonyl (C=O) groups excluding carboxylic acids is 2. The first-order valence-corrected chi connectivity index (χ1v) is 11.2. The molecule has 158 valence electrons. The predicted octanol–water partition coefficient (Wildman–Crippen LogP) is 5.85. The van der Waals surface area contributed by atoms with Crippen molar-refractivity contribution in [2.75, 3.05) is 7.11 Å². The minimum atomic E-state index is -0.320. The van der Waals surface area contributed by atoms with E-state index in [1.807, 2.05) is 19.9 Å². The van der Waals surface area contributed by atoms with Crippen molar-refractivity contribution < 1.29 is 23.5 Å². The summed E-state index contributed by atoms with van der Waals surface area (Å²) in [4.78, 5) is 26.6. The standard InChI is InChI=1S/C22H21FINO4S/c1-4-13(2)25-21(26)19(30-22(25)27)11-15-9-17(24)20(18(10-15)28-3)29-12-14-6-5-7-16(23)8-14/h5-11,13H,4,12H2,1-3H3/b19-11+/t13-/m0/s1. The molecule has 0 aromatic heterocycles. The van der Waals surface area contributed by atoms with E-state index in [0.717, 1.165) is 20.9 Å². The zero-order valence-corrected chi connectivity index (χ0v) is 19.8. The molecule has 0 bridgehead atoms. The van der Waals surface area contributed by atoms with E-state index in [1.165, 1.54) is 24.1 Å². The highest BCUT2D eigenvalue weighted by molar-refractivity contribution is 14.1. The van der Waals surface area contributed by atoms with E-state index in [4.69, 9.17) is 9.47 Å². The van der Waals surface area contributed by atoms with E-state index >= 15 is 0 Å². The largest absolute Gasteiger partial charge is 0.493 e. The second-order valence-electron chi connectivity index (χ2n) is 6.76. The molecule has 2 amide bonds. The number of methoxy groups -OCH3 is 1. The van der Waals surface area contributed by atoms with Crippen LogP contribution in [0.4, 0.5) is 9.18 Å². The number of benzene rings is 2. The summed E-state index contributed by atoms with van der Waals surface area (Å²) in [5.41, 5.74) is 1.43. The summed E-state index contributed by atoms with van der Waals surface area (Å²) < 4.78 is 25.5. The fourth-order valence-corrected chi connectivity index (χ4v) is 4.65. The molecule has 3 rings (SSSR count). The Kier molecular flexibility index (Phi) is 7.41. The van der Waals surface area contributed by atoms with Crippen molar-refractivity contribution in [2.24, 2.45) is 0 Å². The maximum atomic E-state index is 13.4. The van der Waals surface area contributed by atoms with Gasteiger partial charge in [0.2, 0.25) is 0 Å². The molecular weight excluding hydrogens is 520 g/mol. The smallest absolute Gasteiger partial charge is 0.293 e. The molecule has 0 N–H and O–H groups in total. The molecule has 5 nitrogen and oxygen atoms in total. The molecule has 1 saturated heterocycles. The topological polar surface area (TPSA) is 55.8 Å². The number of rotatable bonds is 7. The molecule has 30 heavy (non-hydrogen) atoms. The van der Waals surface area contributed by atoms with Gasteiger partial charge in [0, 0.05) is 6.04 Å². The lowest BCUT2D eigenvalue weighted by Gasteiger charge is -2.19. The minimum absolute atomic E-state index is 0.142. The Bertz CT molecular complexity index is 1010. The van der Waals surface area contributed by atoms with E-state index in [-0.39, 0.29) is 29.6 Å². The third kappa shape index (κ3) is 4.97. The van der Waals surface area contributed by atoms with Crippen molar-refractivity contribution in [1.82, 2.24) is 4.90 Å². The summed E-state index contributed by atoms with van der Waals surface area (Å²) in [5.74, 6) is 0.428. The van der Waals surface area contributed by atoms with Crippen LogP contribution in [-0.2, 0) is 11.4 Å². The molecule has 0 unspecified atom stereocenters. The van der Waals surface area contributed by atoms with Gasteiger partial charge in [0.15, 0.2) is 11.5 Å². The quantitative estimate of drug-likeness (QED) is 0.325. The van der Waals surface area contributed by atoms with Gasteiger partial charge in [-0.1, -0.05) is 19.1 Å². The second kappa shape index (κ2) is 9.82. The number of ether oxygens (including phenoxy) is 2. The van der Waals surface area contributed by atoms with Crippen LogP contribution in [0.5, 0.6) is 11.5 Å². The Labute approximate surface area is 192 Å². The molecule has 1 aliphatic rings. The second-order valence-corrected chi connectivity index (χ2v) is 8.92. The number of carbonyl (C=O) groups is 2. The number of hydrogen-bond acceptors (Lipinski definition) is 5. The number of hydrogen-bond donors (Lipinski definition) is 0. The first kappa shape index (κ1) is 22.6. The van der Waals surface area contributed by atoms with Crippen LogP contribution in [0.3, 0.4) is 0 Å². The Morgan fingerprint density at radius 3 is 2.70 bits per heavy atom.